The quantitative estimate of drug-likeness (QED) is 0.113. The van der Waals surface area contributed by atoms with Crippen LogP contribution in [0.1, 0.15) is 5.56 Å². The van der Waals surface area contributed by atoms with Crippen molar-refractivity contribution < 1.29 is 39.4 Å². The van der Waals surface area contributed by atoms with Crippen LogP contribution in [0.4, 0.5) is 5.13 Å². The average Bonchev–Trinajstić information content (AvgIpc) is 4.08. The molecule has 0 N–H and O–H groups in total. The van der Waals surface area contributed by atoms with Crippen molar-refractivity contribution in [1.29, 1.82) is 0 Å². The van der Waals surface area contributed by atoms with Gasteiger partial charge in [0.05, 0.1) is 42.9 Å². The van der Waals surface area contributed by atoms with Crippen molar-refractivity contribution in [3.63, 3.8) is 0 Å². The summed E-state index contributed by atoms with van der Waals surface area (Å²) in [5, 5.41) is 34.9. The Morgan fingerprint density at radius 2 is 0.937 bits per heavy atom. The second-order valence-corrected chi connectivity index (χ2v) is 14.7. The average molecular weight is 1030 g/mol. The summed E-state index contributed by atoms with van der Waals surface area (Å²) in [7, 11) is 4.98. The maximum Gasteiger partial charge on any atom is 0.209 e. The van der Waals surface area contributed by atoms with Crippen molar-refractivity contribution in [3.05, 3.63) is 175 Å². The van der Waals surface area contributed by atoms with Crippen LogP contribution in [0.15, 0.2) is 175 Å². The maximum atomic E-state index is 12.0. The molecule has 0 bridgehead atoms. The molecule has 12 nitrogen and oxygen atoms in total. The minimum Gasteiger partial charge on any atom is -0.858 e. The summed E-state index contributed by atoms with van der Waals surface area (Å²) in [5.41, 5.74) is 6.81. The van der Waals surface area contributed by atoms with E-state index in [4.69, 9.17) is 14.2 Å². The Bertz CT molecular complexity index is 3150. The number of rotatable bonds is 7. The Labute approximate surface area is 379 Å². The van der Waals surface area contributed by atoms with Gasteiger partial charge in [0, 0.05) is 41.7 Å². The van der Waals surface area contributed by atoms with E-state index in [1.165, 1.54) is 11.3 Å². The summed E-state index contributed by atoms with van der Waals surface area (Å²) in [4.78, 5) is 11.8. The first-order chi connectivity index (χ1) is 30.5. The van der Waals surface area contributed by atoms with Gasteiger partial charge in [-0.3, -0.25) is 0 Å². The summed E-state index contributed by atoms with van der Waals surface area (Å²) >= 11 is 1.37. The predicted octanol–water partition coefficient (Wildman–Crippen LogP) is 9.91. The van der Waals surface area contributed by atoms with Gasteiger partial charge >= 0.3 is 0 Å². The normalized spacial score (nSPS) is 11.1. The zero-order chi connectivity index (χ0) is 42.4. The Morgan fingerprint density at radius 1 is 0.492 bits per heavy atom. The Kier molecular flexibility index (Phi) is 12.8. The molecular weight excluding hydrogens is 989 g/mol. The van der Waals surface area contributed by atoms with Gasteiger partial charge in [0.2, 0.25) is 5.13 Å². The van der Waals surface area contributed by atoms with Gasteiger partial charge in [-0.2, -0.15) is 0 Å². The van der Waals surface area contributed by atoms with E-state index in [1.807, 2.05) is 146 Å². The molecule has 3 aromatic heterocycles. The first-order valence-corrected chi connectivity index (χ1v) is 20.3. The molecule has 3 heterocycles. The van der Waals surface area contributed by atoms with Crippen LogP contribution in [0, 0.1) is 0 Å². The van der Waals surface area contributed by atoms with Gasteiger partial charge < -0.3 is 19.3 Å². The molecule has 0 unspecified atom stereocenters. The fourth-order valence-corrected chi connectivity index (χ4v) is 7.81. The van der Waals surface area contributed by atoms with Crippen LogP contribution >= 0.6 is 11.3 Å². The molecular formula is C49H37IrN8O4S-. The van der Waals surface area contributed by atoms with Gasteiger partial charge in [-0.05, 0) is 78.2 Å². The van der Waals surface area contributed by atoms with Crippen molar-refractivity contribution >= 4 is 76.2 Å². The van der Waals surface area contributed by atoms with E-state index in [-0.39, 0.29) is 26.0 Å². The third kappa shape index (κ3) is 8.95. The van der Waals surface area contributed by atoms with E-state index < -0.39 is 0 Å². The fourth-order valence-electron chi connectivity index (χ4n) is 6.95. The molecule has 0 spiro atoms. The van der Waals surface area contributed by atoms with Gasteiger partial charge in [-0.25, -0.2) is 9.98 Å². The Morgan fingerprint density at radius 3 is 1.40 bits per heavy atom. The molecule has 0 saturated carbocycles. The van der Waals surface area contributed by atoms with Crippen LogP contribution in [0.25, 0.3) is 65.2 Å². The van der Waals surface area contributed by atoms with E-state index in [1.54, 1.807) is 43.1 Å². The van der Waals surface area contributed by atoms with E-state index in [2.05, 4.69) is 42.5 Å². The van der Waals surface area contributed by atoms with Crippen molar-refractivity contribution in [2.24, 2.45) is 4.99 Å². The second-order valence-electron chi connectivity index (χ2n) is 13.7. The van der Waals surface area contributed by atoms with Gasteiger partial charge in [-0.1, -0.05) is 114 Å². The van der Waals surface area contributed by atoms with Crippen LogP contribution in [0.5, 0.6) is 17.2 Å². The molecule has 11 rings (SSSR count). The molecule has 0 saturated heterocycles. The number of methoxy groups -OCH3 is 3. The van der Waals surface area contributed by atoms with Crippen molar-refractivity contribution in [2.75, 3.05) is 21.3 Å². The van der Waals surface area contributed by atoms with Crippen molar-refractivity contribution in [2.45, 2.75) is 0 Å². The molecule has 63 heavy (non-hydrogen) atoms. The largest absolute Gasteiger partial charge is 0.858 e. The third-order valence-electron chi connectivity index (χ3n) is 9.97. The molecule has 0 atom stereocenters. The number of nitrogens with zero attached hydrogens (tertiary/aromatic N) is 8. The number of aliphatic imine (C=N–C) groups is 1. The fraction of sp³-hybridized carbons (Fsp3) is 0.0612. The smallest absolute Gasteiger partial charge is 0.209 e. The van der Waals surface area contributed by atoms with E-state index in [0.717, 1.165) is 82.5 Å². The number of fused-ring (bicyclic) bond motifs is 5. The molecule has 0 aliphatic heterocycles. The number of thiazole rings is 1. The number of hydrogen-bond donors (Lipinski definition) is 0. The molecule has 14 heteroatoms. The molecule has 0 fully saturated rings. The van der Waals surface area contributed by atoms with Gasteiger partial charge in [0.25, 0.3) is 0 Å². The SMILES string of the molecule is COc1ccc(-n2nc3ccccc3n2)c2ccccc12.COc1ccc(-n2nc3ccccc3n2)c2ccccc12.COc1ccc2nc(/N=C(\[O-])c3ccccc3)sc2c1.[Ir]. The standard InChI is InChI=1S/2C17H13N3O.C15H12N2O2S.Ir/c2*1-21-17-11-10-16(12-6-2-3-7-13(12)17)20-18-14-8-4-5-9-15(14)19-20;1-19-11-7-8-12-13(9-11)20-15(16-12)17-14(18)10-5-3-2-4-6-10;/h2*2-11H,1H3;2-9H,1H3,(H,16,17,18);/p-1. The van der Waals surface area contributed by atoms with Crippen LogP contribution in [0.3, 0.4) is 0 Å². The van der Waals surface area contributed by atoms with Crippen molar-refractivity contribution in [3.8, 4) is 28.6 Å². The summed E-state index contributed by atoms with van der Waals surface area (Å²) in [6.45, 7) is 0. The maximum absolute atomic E-state index is 12.0. The molecule has 11 aromatic rings. The first-order valence-electron chi connectivity index (χ1n) is 19.5. The molecule has 0 aliphatic rings. The second kappa shape index (κ2) is 19.0. The van der Waals surface area contributed by atoms with E-state index in [9.17, 15) is 5.11 Å². The molecule has 313 valence electrons. The third-order valence-corrected chi connectivity index (χ3v) is 10.9. The Balaban J connectivity index is 0.000000129. The monoisotopic (exact) mass is 1030 g/mol. The summed E-state index contributed by atoms with van der Waals surface area (Å²) in [6.07, 6.45) is 0. The van der Waals surface area contributed by atoms with E-state index >= 15 is 0 Å². The van der Waals surface area contributed by atoms with Gasteiger partial charge in [0.15, 0.2) is 0 Å². The van der Waals surface area contributed by atoms with Crippen LogP contribution in [-0.4, -0.2) is 62.2 Å². The minimum atomic E-state index is -0.281. The number of ether oxygens (including phenoxy) is 3. The molecule has 1 radical (unpaired) electrons. The molecule has 8 aromatic carbocycles. The zero-order valence-electron chi connectivity index (χ0n) is 34.1. The van der Waals surface area contributed by atoms with E-state index in [0.29, 0.717) is 10.7 Å². The molecule has 0 amide bonds. The predicted molar refractivity (Wildman–Crippen MR) is 245 cm³/mol. The molecule has 0 aliphatic carbocycles. The van der Waals surface area contributed by atoms with Crippen LogP contribution in [-0.2, 0) is 20.1 Å². The minimum absolute atomic E-state index is 0. The topological polar surface area (TPSA) is 137 Å². The summed E-state index contributed by atoms with van der Waals surface area (Å²) in [5.74, 6) is 2.19. The first kappa shape index (κ1) is 42.2. The zero-order valence-corrected chi connectivity index (χ0v) is 37.3. The number of hydrogen-bond acceptors (Lipinski definition) is 11. The number of aromatic nitrogens is 7. The number of benzene rings is 8. The van der Waals surface area contributed by atoms with Crippen LogP contribution in [0.2, 0.25) is 0 Å². The van der Waals surface area contributed by atoms with Gasteiger partial charge in [-0.15, -0.1) is 30.0 Å². The summed E-state index contributed by atoms with van der Waals surface area (Å²) in [6, 6.07) is 54.4. The van der Waals surface area contributed by atoms with Crippen LogP contribution < -0.4 is 19.3 Å². The summed E-state index contributed by atoms with van der Waals surface area (Å²) < 4.78 is 17.0. The Hall–Kier alpha value is -7.51. The van der Waals surface area contributed by atoms with Gasteiger partial charge in [0.1, 0.15) is 39.3 Å². The van der Waals surface area contributed by atoms with Crippen molar-refractivity contribution in [1.82, 2.24) is 35.0 Å².